The predicted octanol–water partition coefficient (Wildman–Crippen LogP) is 1.52. The molecule has 2 aromatic rings. The average molecular weight is 334 g/mol. The molecule has 1 radical (unpaired) electrons. The van der Waals surface area contributed by atoms with E-state index in [1.807, 2.05) is 30.3 Å². The Hall–Kier alpha value is -3.51. The molecular formula is C17H9N7Na. The molecule has 8 heteroatoms. The van der Waals surface area contributed by atoms with Gasteiger partial charge in [0, 0.05) is 35.2 Å². The van der Waals surface area contributed by atoms with Gasteiger partial charge in [0.2, 0.25) is 0 Å². The summed E-state index contributed by atoms with van der Waals surface area (Å²) >= 11 is 0. The molecule has 25 heavy (non-hydrogen) atoms. The van der Waals surface area contributed by atoms with Crippen molar-refractivity contribution in [2.45, 2.75) is 0 Å². The van der Waals surface area contributed by atoms with E-state index in [-0.39, 0.29) is 63.1 Å². The van der Waals surface area contributed by atoms with Crippen molar-refractivity contribution in [1.29, 1.82) is 26.3 Å². The van der Waals surface area contributed by atoms with Crippen molar-refractivity contribution in [3.63, 3.8) is 0 Å². The van der Waals surface area contributed by atoms with E-state index < -0.39 is 0 Å². The van der Waals surface area contributed by atoms with Crippen LogP contribution < -0.4 is 11.5 Å². The fourth-order valence-corrected chi connectivity index (χ4v) is 1.79. The maximum absolute atomic E-state index is 8.88. The predicted molar refractivity (Wildman–Crippen MR) is 91.0 cm³/mol. The molecule has 0 fully saturated rings. The number of anilines is 2. The van der Waals surface area contributed by atoms with Crippen molar-refractivity contribution < 1.29 is 0 Å². The molecule has 113 valence electrons. The molecule has 0 saturated heterocycles. The summed E-state index contributed by atoms with van der Waals surface area (Å²) in [5.41, 5.74) is 10.1. The molecule has 0 spiro atoms. The Morgan fingerprint density at radius 3 is 1.12 bits per heavy atom. The minimum atomic E-state index is -0.294. The third kappa shape index (κ3) is 4.73. The molecule has 0 aromatic heterocycles. The first-order valence-corrected chi connectivity index (χ1v) is 6.36. The number of nitriles is 5. The maximum atomic E-state index is 8.88. The van der Waals surface area contributed by atoms with Crippen LogP contribution in [0.5, 0.6) is 0 Å². The minimum Gasteiger partial charge on any atom is -0.399 e. The van der Waals surface area contributed by atoms with Crippen LogP contribution in [-0.4, -0.2) is 29.6 Å². The average Bonchev–Trinajstić information content (AvgIpc) is 2.61. The zero-order valence-corrected chi connectivity index (χ0v) is 15.3. The summed E-state index contributed by atoms with van der Waals surface area (Å²) in [5, 5.41) is 44.3. The van der Waals surface area contributed by atoms with Crippen molar-refractivity contribution in [2.75, 3.05) is 11.5 Å². The number of nitrogens with zero attached hydrogens (tertiary/aromatic N) is 5. The van der Waals surface area contributed by atoms with Gasteiger partial charge in [0.25, 0.3) is 0 Å². The molecule has 0 saturated carbocycles. The number of hydrogen-bond acceptors (Lipinski definition) is 7. The van der Waals surface area contributed by atoms with Crippen LogP contribution in [0.3, 0.4) is 0 Å². The van der Waals surface area contributed by atoms with E-state index >= 15 is 0 Å². The molecule has 0 aliphatic rings. The Kier molecular flexibility index (Phi) is 8.85. The van der Waals surface area contributed by atoms with Crippen molar-refractivity contribution in [3.8, 4) is 30.3 Å². The Bertz CT molecular complexity index is 925. The SMILES string of the molecule is N#Cc1c(N)c(C#N)c(C#N)c(C#N)c1C#N.Nc1ccccc1.[Na]. The van der Waals surface area contributed by atoms with Crippen LogP contribution >= 0.6 is 0 Å². The van der Waals surface area contributed by atoms with E-state index in [1.165, 1.54) is 0 Å². The van der Waals surface area contributed by atoms with E-state index in [2.05, 4.69) is 0 Å². The second-order valence-electron chi connectivity index (χ2n) is 4.26. The normalized spacial score (nSPS) is 7.80. The molecule has 0 atom stereocenters. The summed E-state index contributed by atoms with van der Waals surface area (Å²) in [5.74, 6) is 0. The van der Waals surface area contributed by atoms with Crippen LogP contribution in [0.1, 0.15) is 27.8 Å². The first-order chi connectivity index (χ1) is 11.5. The second-order valence-corrected chi connectivity index (χ2v) is 4.26. The Morgan fingerprint density at radius 2 is 0.880 bits per heavy atom. The molecule has 0 bridgehead atoms. The van der Waals surface area contributed by atoms with E-state index in [1.54, 1.807) is 30.3 Å². The van der Waals surface area contributed by atoms with Crippen molar-refractivity contribution in [2.24, 2.45) is 0 Å². The zero-order chi connectivity index (χ0) is 18.1. The van der Waals surface area contributed by atoms with Gasteiger partial charge in [0.1, 0.15) is 30.3 Å². The van der Waals surface area contributed by atoms with Crippen LogP contribution in [0, 0.1) is 56.7 Å². The summed E-state index contributed by atoms with van der Waals surface area (Å²) in [6.07, 6.45) is 0. The van der Waals surface area contributed by atoms with Crippen LogP contribution in [0.25, 0.3) is 0 Å². The molecule has 0 unspecified atom stereocenters. The fraction of sp³-hybridized carbons (Fsp3) is 0. The topological polar surface area (TPSA) is 171 Å². The van der Waals surface area contributed by atoms with E-state index in [9.17, 15) is 0 Å². The van der Waals surface area contributed by atoms with E-state index in [4.69, 9.17) is 37.8 Å². The van der Waals surface area contributed by atoms with Crippen LogP contribution in [0.15, 0.2) is 30.3 Å². The van der Waals surface area contributed by atoms with Gasteiger partial charge < -0.3 is 11.5 Å². The van der Waals surface area contributed by atoms with Gasteiger partial charge in [-0.05, 0) is 12.1 Å². The van der Waals surface area contributed by atoms with Gasteiger partial charge in [0.05, 0.1) is 33.5 Å². The van der Waals surface area contributed by atoms with Gasteiger partial charge in [-0.1, -0.05) is 18.2 Å². The molecule has 0 heterocycles. The van der Waals surface area contributed by atoms with Crippen molar-refractivity contribution >= 4 is 40.9 Å². The second kappa shape index (κ2) is 10.3. The van der Waals surface area contributed by atoms with Gasteiger partial charge in [-0.25, -0.2) is 0 Å². The summed E-state index contributed by atoms with van der Waals surface area (Å²) in [6.45, 7) is 0. The molecule has 0 aliphatic heterocycles. The van der Waals surface area contributed by atoms with Crippen molar-refractivity contribution in [1.82, 2.24) is 0 Å². The largest absolute Gasteiger partial charge is 0.399 e. The Labute approximate surface area is 166 Å². The third-order valence-corrected chi connectivity index (χ3v) is 2.90. The fourth-order valence-electron chi connectivity index (χ4n) is 1.79. The molecule has 0 aliphatic carbocycles. The number of rotatable bonds is 0. The van der Waals surface area contributed by atoms with Gasteiger partial charge in [0.15, 0.2) is 0 Å². The smallest absolute Gasteiger partial charge is 0.103 e. The van der Waals surface area contributed by atoms with Gasteiger partial charge in [-0.2, -0.15) is 26.3 Å². The first kappa shape index (κ1) is 21.5. The molecule has 7 nitrogen and oxygen atoms in total. The minimum absolute atomic E-state index is 0. The summed E-state index contributed by atoms with van der Waals surface area (Å²) in [7, 11) is 0. The van der Waals surface area contributed by atoms with Crippen molar-refractivity contribution in [3.05, 3.63) is 58.1 Å². The van der Waals surface area contributed by atoms with Gasteiger partial charge in [-0.15, -0.1) is 0 Å². The number of nitrogens with two attached hydrogens (primary N) is 2. The standard InChI is InChI=1S/C11H2N6.C6H7N.Na/c12-1-6-7(2-13)9(4-15)11(17)10(5-16)8(6)3-14;7-6-4-2-1-3-5-6;/h17H2;1-5H,7H2;. The number of para-hydroxylation sites is 1. The molecule has 0 amide bonds. The summed E-state index contributed by atoms with van der Waals surface area (Å²) < 4.78 is 0. The molecule has 2 aromatic carbocycles. The Balaban J connectivity index is 0.000000603. The monoisotopic (exact) mass is 334 g/mol. The number of nitrogen functional groups attached to an aromatic ring is 2. The number of benzene rings is 2. The zero-order valence-electron chi connectivity index (χ0n) is 13.3. The quantitative estimate of drug-likeness (QED) is 0.542. The van der Waals surface area contributed by atoms with E-state index in [0.29, 0.717) is 0 Å². The first-order valence-electron chi connectivity index (χ1n) is 6.36. The Morgan fingerprint density at radius 1 is 0.560 bits per heavy atom. The van der Waals surface area contributed by atoms with Gasteiger partial charge >= 0.3 is 0 Å². The van der Waals surface area contributed by atoms with E-state index in [0.717, 1.165) is 5.69 Å². The van der Waals surface area contributed by atoms with Crippen LogP contribution in [-0.2, 0) is 0 Å². The number of hydrogen-bond donors (Lipinski definition) is 2. The molecular weight excluding hydrogens is 325 g/mol. The van der Waals surface area contributed by atoms with Crippen LogP contribution in [0.4, 0.5) is 11.4 Å². The summed E-state index contributed by atoms with van der Waals surface area (Å²) in [6, 6.07) is 17.7. The van der Waals surface area contributed by atoms with Crippen LogP contribution in [0.2, 0.25) is 0 Å². The maximum Gasteiger partial charge on any atom is 0.103 e. The summed E-state index contributed by atoms with van der Waals surface area (Å²) in [4.78, 5) is 0. The van der Waals surface area contributed by atoms with Gasteiger partial charge in [-0.3, -0.25) is 0 Å². The third-order valence-electron chi connectivity index (χ3n) is 2.90. The molecule has 4 N–H and O–H groups in total. The molecule has 2 rings (SSSR count).